The fourth-order valence-corrected chi connectivity index (χ4v) is 6.99. The maximum Gasteiger partial charge on any atom is 0.416 e. The third-order valence-corrected chi connectivity index (χ3v) is 9.39. The second-order valence-corrected chi connectivity index (χ2v) is 12.1. The first-order valence-corrected chi connectivity index (χ1v) is 15.4. The molecule has 0 nitrogen and oxygen atoms in total. The van der Waals surface area contributed by atoms with Crippen LogP contribution >= 0.6 is 0 Å². The lowest BCUT2D eigenvalue weighted by Crippen LogP contribution is -2.03. The first-order valence-electron chi connectivity index (χ1n) is 15.4. The molecule has 0 bridgehead atoms. The zero-order valence-electron chi connectivity index (χ0n) is 25.4. The van der Waals surface area contributed by atoms with Gasteiger partial charge in [-0.25, -0.2) is 0 Å². The highest BCUT2D eigenvalue weighted by atomic mass is 19.4. The number of benzene rings is 8. The minimum Gasteiger partial charge on any atom is -0.166 e. The molecular weight excluding hydrogens is 573 g/mol. The summed E-state index contributed by atoms with van der Waals surface area (Å²) in [5, 5.41) is 9.15. The first-order chi connectivity index (χ1) is 22.3. The van der Waals surface area contributed by atoms with Crippen LogP contribution < -0.4 is 0 Å². The Morgan fingerprint density at radius 3 is 1.39 bits per heavy atom. The van der Waals surface area contributed by atoms with E-state index in [2.05, 4.69) is 123 Å². The van der Waals surface area contributed by atoms with Crippen molar-refractivity contribution >= 4 is 43.1 Å². The Morgan fingerprint density at radius 1 is 0.391 bits per heavy atom. The van der Waals surface area contributed by atoms with Crippen LogP contribution in [0.4, 0.5) is 13.2 Å². The van der Waals surface area contributed by atoms with E-state index < -0.39 is 11.7 Å². The van der Waals surface area contributed by atoms with Crippen LogP contribution in [0.25, 0.3) is 76.5 Å². The highest BCUT2D eigenvalue weighted by Gasteiger charge is 2.30. The van der Waals surface area contributed by atoms with Crippen molar-refractivity contribution in [2.45, 2.75) is 20.0 Å². The van der Waals surface area contributed by atoms with Gasteiger partial charge in [-0.3, -0.25) is 0 Å². The molecule has 8 aromatic rings. The lowest BCUT2D eigenvalue weighted by Gasteiger charge is -2.21. The average Bonchev–Trinajstić information content (AvgIpc) is 3.07. The molecule has 0 saturated heterocycles. The summed E-state index contributed by atoms with van der Waals surface area (Å²) >= 11 is 0. The molecule has 0 aliphatic heterocycles. The molecule has 0 N–H and O–H groups in total. The van der Waals surface area contributed by atoms with E-state index in [1.807, 2.05) is 6.07 Å². The molecule has 0 unspecified atom stereocenters. The first kappa shape index (κ1) is 28.1. The van der Waals surface area contributed by atoms with Crippen LogP contribution in [0.2, 0.25) is 0 Å². The van der Waals surface area contributed by atoms with Crippen molar-refractivity contribution in [3.63, 3.8) is 0 Å². The predicted molar refractivity (Wildman–Crippen MR) is 187 cm³/mol. The van der Waals surface area contributed by atoms with Gasteiger partial charge in [0.15, 0.2) is 0 Å². The highest BCUT2D eigenvalue weighted by Crippen LogP contribution is 2.48. The summed E-state index contributed by atoms with van der Waals surface area (Å²) in [4.78, 5) is 0. The van der Waals surface area contributed by atoms with E-state index in [4.69, 9.17) is 0 Å². The van der Waals surface area contributed by atoms with Crippen LogP contribution in [0.1, 0.15) is 16.7 Å². The van der Waals surface area contributed by atoms with Gasteiger partial charge in [-0.1, -0.05) is 121 Å². The number of halogens is 3. The van der Waals surface area contributed by atoms with Crippen molar-refractivity contribution in [3.8, 4) is 33.4 Å². The maximum absolute atomic E-state index is 13.4. The molecule has 0 spiro atoms. The Kier molecular flexibility index (Phi) is 6.47. The molecule has 3 heteroatoms. The lowest BCUT2D eigenvalue weighted by atomic mass is 9.82. The van der Waals surface area contributed by atoms with Gasteiger partial charge < -0.3 is 0 Å². The molecule has 0 fully saturated rings. The van der Waals surface area contributed by atoms with Crippen LogP contribution in [-0.4, -0.2) is 0 Å². The van der Waals surface area contributed by atoms with Crippen LogP contribution in [-0.2, 0) is 6.18 Å². The monoisotopic (exact) mass is 602 g/mol. The van der Waals surface area contributed by atoms with Gasteiger partial charge in [-0.2, -0.15) is 13.2 Å². The summed E-state index contributed by atoms with van der Waals surface area (Å²) in [6.07, 6.45) is -4.38. The number of fused-ring (bicyclic) bond motifs is 4. The lowest BCUT2D eigenvalue weighted by molar-refractivity contribution is -0.137. The fourth-order valence-electron chi connectivity index (χ4n) is 6.99. The normalized spacial score (nSPS) is 12.0. The fraction of sp³-hybridized carbons (Fsp3) is 0.0698. The van der Waals surface area contributed by atoms with E-state index in [0.717, 1.165) is 60.3 Å². The predicted octanol–water partition coefficient (Wildman–Crippen LogP) is 12.9. The van der Waals surface area contributed by atoms with Gasteiger partial charge in [0, 0.05) is 0 Å². The van der Waals surface area contributed by atoms with Gasteiger partial charge in [0.25, 0.3) is 0 Å². The summed E-state index contributed by atoms with van der Waals surface area (Å²) in [5.41, 5.74) is 7.96. The van der Waals surface area contributed by atoms with Crippen LogP contribution in [0.3, 0.4) is 0 Å². The summed E-state index contributed by atoms with van der Waals surface area (Å²) in [7, 11) is 0. The molecule has 46 heavy (non-hydrogen) atoms. The number of aryl methyl sites for hydroxylation is 2. The van der Waals surface area contributed by atoms with Crippen molar-refractivity contribution in [2.24, 2.45) is 0 Å². The molecule has 0 aliphatic carbocycles. The third kappa shape index (κ3) is 4.54. The number of rotatable bonds is 3. The van der Waals surface area contributed by atoms with E-state index >= 15 is 0 Å². The summed E-state index contributed by atoms with van der Waals surface area (Å²) in [6.45, 7) is 4.32. The smallest absolute Gasteiger partial charge is 0.166 e. The van der Waals surface area contributed by atoms with E-state index in [1.54, 1.807) is 12.1 Å². The molecule has 0 heterocycles. The summed E-state index contributed by atoms with van der Waals surface area (Å²) in [5.74, 6) is 0. The number of hydrogen-bond donors (Lipinski definition) is 0. The molecule has 0 aliphatic rings. The van der Waals surface area contributed by atoms with Crippen LogP contribution in [0.5, 0.6) is 0 Å². The van der Waals surface area contributed by atoms with Crippen molar-refractivity contribution in [3.05, 3.63) is 156 Å². The zero-order chi connectivity index (χ0) is 31.6. The van der Waals surface area contributed by atoms with Gasteiger partial charge in [0.05, 0.1) is 5.56 Å². The van der Waals surface area contributed by atoms with Crippen LogP contribution in [0, 0.1) is 13.8 Å². The van der Waals surface area contributed by atoms with E-state index in [1.165, 1.54) is 39.4 Å². The molecule has 8 aromatic carbocycles. The van der Waals surface area contributed by atoms with Crippen molar-refractivity contribution in [2.75, 3.05) is 0 Å². The Morgan fingerprint density at radius 2 is 0.848 bits per heavy atom. The number of alkyl halides is 3. The molecular formula is C43H29F3. The summed E-state index contributed by atoms with van der Waals surface area (Å²) in [6, 6.07) is 46.3. The largest absolute Gasteiger partial charge is 0.416 e. The molecule has 0 radical (unpaired) electrons. The Hall–Kier alpha value is -5.41. The topological polar surface area (TPSA) is 0 Å². The standard InChI is InChI=1S/C43H29F3/c1-26-23-38-39(24-27(26)2)42(36-16-8-12-30-10-4-6-14-34(30)36)40-25-31(28-17-20-32(21-18-28)43(44,45)46)19-22-37(40)41(38)35-15-7-11-29-9-3-5-13-33(29)35/h3-25H,1-2H3. The van der Waals surface area contributed by atoms with Crippen molar-refractivity contribution in [1.82, 2.24) is 0 Å². The molecule has 0 aromatic heterocycles. The van der Waals surface area contributed by atoms with Gasteiger partial charge >= 0.3 is 6.18 Å². The maximum atomic E-state index is 13.4. The molecule has 0 saturated carbocycles. The van der Waals surface area contributed by atoms with Gasteiger partial charge in [-0.05, 0) is 120 Å². The minimum absolute atomic E-state index is 0.649. The molecule has 0 atom stereocenters. The van der Waals surface area contributed by atoms with Gasteiger partial charge in [0.1, 0.15) is 0 Å². The Balaban J connectivity index is 1.55. The van der Waals surface area contributed by atoms with Gasteiger partial charge in [0.2, 0.25) is 0 Å². The Bertz CT molecular complexity index is 2460. The minimum atomic E-state index is -4.38. The third-order valence-electron chi connectivity index (χ3n) is 9.39. The second-order valence-electron chi connectivity index (χ2n) is 12.1. The van der Waals surface area contributed by atoms with E-state index in [9.17, 15) is 13.2 Å². The van der Waals surface area contributed by atoms with Crippen molar-refractivity contribution < 1.29 is 13.2 Å². The molecule has 0 amide bonds. The summed E-state index contributed by atoms with van der Waals surface area (Å²) < 4.78 is 40.3. The quantitative estimate of drug-likeness (QED) is 0.177. The second kappa shape index (κ2) is 10.6. The molecule has 8 rings (SSSR count). The average molecular weight is 603 g/mol. The van der Waals surface area contributed by atoms with E-state index in [0.29, 0.717) is 0 Å². The van der Waals surface area contributed by atoms with Gasteiger partial charge in [-0.15, -0.1) is 0 Å². The zero-order valence-corrected chi connectivity index (χ0v) is 25.4. The number of hydrogen-bond acceptors (Lipinski definition) is 0. The van der Waals surface area contributed by atoms with Crippen molar-refractivity contribution in [1.29, 1.82) is 0 Å². The van der Waals surface area contributed by atoms with Crippen LogP contribution in [0.15, 0.2) is 140 Å². The van der Waals surface area contributed by atoms with E-state index in [-0.39, 0.29) is 0 Å². The molecule has 222 valence electrons. The highest BCUT2D eigenvalue weighted by molar-refractivity contribution is 6.25. The Labute approximate surface area is 265 Å². The SMILES string of the molecule is Cc1cc2c(-c3cccc4ccccc34)c3ccc(-c4ccc(C(F)(F)F)cc4)cc3c(-c3cccc4ccccc34)c2cc1C.